The Morgan fingerprint density at radius 3 is 2.69 bits per heavy atom. The molecule has 0 unspecified atom stereocenters. The minimum atomic E-state index is -1.52. The zero-order valence-corrected chi connectivity index (χ0v) is 19.5. The Morgan fingerprint density at radius 1 is 1.25 bits per heavy atom. The van der Waals surface area contributed by atoms with Gasteiger partial charge in [0.05, 0.1) is 29.5 Å². The van der Waals surface area contributed by atoms with Crippen LogP contribution in [0.2, 0.25) is 5.02 Å². The smallest absolute Gasteiger partial charge is 0.233 e. The van der Waals surface area contributed by atoms with E-state index in [4.69, 9.17) is 16.3 Å². The molecule has 6 nitrogen and oxygen atoms in total. The Labute approximate surface area is 195 Å². The summed E-state index contributed by atoms with van der Waals surface area (Å²) in [7, 11) is 0. The lowest BCUT2D eigenvalue weighted by Gasteiger charge is -2.46. The molecule has 1 aliphatic carbocycles. The highest BCUT2D eigenvalue weighted by Crippen LogP contribution is 2.60. The Hall–Kier alpha value is -1.93. The lowest BCUT2D eigenvalue weighted by atomic mass is 9.62. The molecule has 2 aliphatic heterocycles. The van der Waals surface area contributed by atoms with Crippen molar-refractivity contribution >= 4 is 34.8 Å². The third-order valence-electron chi connectivity index (χ3n) is 7.40. The molecule has 0 bridgehead atoms. The number of carbonyl (C=O) groups is 2. The minimum Gasteiger partial charge on any atom is -0.508 e. The predicted molar refractivity (Wildman–Crippen MR) is 120 cm³/mol. The molecule has 1 saturated carbocycles. The molecular weight excluding hydrogens is 450 g/mol. The first-order valence-corrected chi connectivity index (χ1v) is 12.2. The van der Waals surface area contributed by atoms with Gasteiger partial charge < -0.3 is 14.9 Å². The first-order valence-electron chi connectivity index (χ1n) is 11.0. The number of likely N-dealkylation sites (tertiary alicyclic amines) is 1. The predicted octanol–water partition coefficient (Wildman–Crippen LogP) is 4.35. The number of phenolic OH excluding ortho intramolecular Hbond substituents is 1. The molecule has 6 atom stereocenters. The molecule has 8 heteroatoms. The largest absolute Gasteiger partial charge is 0.508 e. The topological polar surface area (TPSA) is 87.1 Å². The monoisotopic (exact) mass is 475 g/mol. The second-order valence-corrected chi connectivity index (χ2v) is 10.9. The highest BCUT2D eigenvalue weighted by Gasteiger charge is 2.67. The van der Waals surface area contributed by atoms with Crippen LogP contribution in [0.5, 0.6) is 5.75 Å². The number of aliphatic hydroxyl groups is 1. The van der Waals surface area contributed by atoms with Crippen molar-refractivity contribution in [1.82, 2.24) is 4.90 Å². The Morgan fingerprint density at radius 2 is 2.03 bits per heavy atom. The van der Waals surface area contributed by atoms with Gasteiger partial charge in [0.1, 0.15) is 5.75 Å². The SMILES string of the molecule is CC(C)[C@H]1C[C@@H]2C(=O)N(Cc3cccs3)C(=O)[C@@H]2[C@@H]2C[C@@H](c3ccc(O)cc3Cl)O[C@]12O. The van der Waals surface area contributed by atoms with E-state index >= 15 is 0 Å². The van der Waals surface area contributed by atoms with Gasteiger partial charge in [-0.2, -0.15) is 0 Å². The number of ether oxygens (including phenoxy) is 1. The molecule has 0 radical (unpaired) electrons. The van der Waals surface area contributed by atoms with Crippen molar-refractivity contribution in [2.24, 2.45) is 29.6 Å². The number of benzene rings is 1. The fraction of sp³-hybridized carbons (Fsp3) is 0.500. The van der Waals surface area contributed by atoms with Gasteiger partial charge in [0.25, 0.3) is 0 Å². The zero-order chi connectivity index (χ0) is 22.8. The average Bonchev–Trinajstić information content (AvgIpc) is 3.41. The molecule has 3 heterocycles. The number of halogens is 1. The molecule has 1 aromatic carbocycles. The van der Waals surface area contributed by atoms with Crippen LogP contribution in [-0.4, -0.2) is 32.7 Å². The van der Waals surface area contributed by atoms with Crippen LogP contribution < -0.4 is 0 Å². The molecule has 2 N–H and O–H groups in total. The highest BCUT2D eigenvalue weighted by molar-refractivity contribution is 7.09. The van der Waals surface area contributed by atoms with Crippen LogP contribution in [-0.2, 0) is 20.9 Å². The quantitative estimate of drug-likeness (QED) is 0.642. The number of fused-ring (bicyclic) bond motifs is 3. The summed E-state index contributed by atoms with van der Waals surface area (Å²) in [4.78, 5) is 29.1. The first-order chi connectivity index (χ1) is 15.2. The van der Waals surface area contributed by atoms with Gasteiger partial charge in [-0.15, -0.1) is 11.3 Å². The summed E-state index contributed by atoms with van der Waals surface area (Å²) in [6.45, 7) is 4.29. The maximum Gasteiger partial charge on any atom is 0.233 e. The van der Waals surface area contributed by atoms with E-state index in [2.05, 4.69) is 0 Å². The number of carbonyl (C=O) groups excluding carboxylic acids is 2. The average molecular weight is 476 g/mol. The lowest BCUT2D eigenvalue weighted by molar-refractivity contribution is -0.276. The molecule has 3 aliphatic rings. The number of rotatable bonds is 4. The van der Waals surface area contributed by atoms with E-state index in [9.17, 15) is 19.8 Å². The number of imide groups is 1. The Kier molecular flexibility index (Phi) is 5.36. The molecule has 2 saturated heterocycles. The van der Waals surface area contributed by atoms with Gasteiger partial charge in [-0.1, -0.05) is 37.6 Å². The standard InChI is InChI=1S/C24H26ClNO5S/c1-12(2)17-9-16-21(23(29)26(22(16)28)11-14-4-3-7-32-14)18-10-20(31-24(17,18)30)15-6-5-13(27)8-19(15)25/h3-8,12,16-18,20-21,27,30H,9-11H2,1-2H3/t16-,17+,18-,20-,21-,24+/m0/s1. The second-order valence-electron chi connectivity index (χ2n) is 9.47. The van der Waals surface area contributed by atoms with Gasteiger partial charge in [0.2, 0.25) is 11.8 Å². The van der Waals surface area contributed by atoms with E-state index < -0.39 is 29.6 Å². The fourth-order valence-electron chi connectivity index (χ4n) is 5.92. The van der Waals surface area contributed by atoms with Gasteiger partial charge in [-0.05, 0) is 47.9 Å². The number of hydrogen-bond donors (Lipinski definition) is 2. The van der Waals surface area contributed by atoms with Crippen LogP contribution in [0.25, 0.3) is 0 Å². The van der Waals surface area contributed by atoms with Crippen molar-refractivity contribution in [1.29, 1.82) is 0 Å². The number of aromatic hydroxyl groups is 1. The van der Waals surface area contributed by atoms with Crippen LogP contribution in [0.15, 0.2) is 35.7 Å². The number of amides is 2. The number of phenols is 1. The third-order valence-corrected chi connectivity index (χ3v) is 8.59. The minimum absolute atomic E-state index is 0.0498. The van der Waals surface area contributed by atoms with Crippen LogP contribution in [0.1, 0.15) is 43.2 Å². The van der Waals surface area contributed by atoms with Crippen molar-refractivity contribution < 1.29 is 24.5 Å². The van der Waals surface area contributed by atoms with E-state index in [1.54, 1.807) is 6.07 Å². The highest BCUT2D eigenvalue weighted by atomic mass is 35.5. The van der Waals surface area contributed by atoms with Gasteiger partial charge in [0, 0.05) is 16.7 Å². The Balaban J connectivity index is 1.51. The van der Waals surface area contributed by atoms with Gasteiger partial charge in [-0.3, -0.25) is 14.5 Å². The summed E-state index contributed by atoms with van der Waals surface area (Å²) >= 11 is 7.88. The van der Waals surface area contributed by atoms with Gasteiger partial charge in [0.15, 0.2) is 5.79 Å². The van der Waals surface area contributed by atoms with E-state index in [-0.39, 0.29) is 35.9 Å². The van der Waals surface area contributed by atoms with Crippen LogP contribution in [0.4, 0.5) is 0 Å². The van der Waals surface area contributed by atoms with E-state index in [1.807, 2.05) is 31.4 Å². The molecule has 0 spiro atoms. The van der Waals surface area contributed by atoms with Crippen LogP contribution >= 0.6 is 22.9 Å². The van der Waals surface area contributed by atoms with Crippen molar-refractivity contribution in [3.8, 4) is 5.75 Å². The van der Waals surface area contributed by atoms with Crippen LogP contribution in [0, 0.1) is 29.6 Å². The van der Waals surface area contributed by atoms with Crippen molar-refractivity contribution in [3.63, 3.8) is 0 Å². The maximum absolute atomic E-state index is 13.5. The summed E-state index contributed by atoms with van der Waals surface area (Å²) in [5.74, 6) is -3.62. The zero-order valence-electron chi connectivity index (χ0n) is 17.9. The summed E-state index contributed by atoms with van der Waals surface area (Å²) < 4.78 is 6.28. The Bertz CT molecular complexity index is 1060. The number of thiophene rings is 1. The fourth-order valence-corrected chi connectivity index (χ4v) is 6.91. The second kappa shape index (κ2) is 7.83. The molecule has 5 rings (SSSR count). The maximum atomic E-state index is 13.5. The van der Waals surface area contributed by atoms with Crippen molar-refractivity contribution in [3.05, 3.63) is 51.2 Å². The molecule has 2 aromatic rings. The molecular formula is C24H26ClNO5S. The molecule has 32 heavy (non-hydrogen) atoms. The number of nitrogens with zero attached hydrogens (tertiary/aromatic N) is 1. The van der Waals surface area contributed by atoms with E-state index in [0.717, 1.165) is 4.88 Å². The van der Waals surface area contributed by atoms with E-state index in [0.29, 0.717) is 23.4 Å². The molecule has 3 fully saturated rings. The molecule has 170 valence electrons. The first kappa shape index (κ1) is 21.9. The summed E-state index contributed by atoms with van der Waals surface area (Å²) in [5, 5.41) is 23.8. The lowest BCUT2D eigenvalue weighted by Crippen LogP contribution is -2.55. The van der Waals surface area contributed by atoms with Gasteiger partial charge in [-0.25, -0.2) is 0 Å². The molecule has 1 aromatic heterocycles. The van der Waals surface area contributed by atoms with E-state index in [1.165, 1.54) is 28.4 Å². The number of hydrogen-bond acceptors (Lipinski definition) is 6. The third kappa shape index (κ3) is 3.29. The molecule has 2 amide bonds. The summed E-state index contributed by atoms with van der Waals surface area (Å²) in [5.41, 5.74) is 0.665. The summed E-state index contributed by atoms with van der Waals surface area (Å²) in [6, 6.07) is 8.49. The van der Waals surface area contributed by atoms with Crippen LogP contribution in [0.3, 0.4) is 0 Å². The van der Waals surface area contributed by atoms with Gasteiger partial charge >= 0.3 is 0 Å². The summed E-state index contributed by atoms with van der Waals surface area (Å²) in [6.07, 6.45) is 0.279. The van der Waals surface area contributed by atoms with Crippen molar-refractivity contribution in [2.45, 2.75) is 45.1 Å². The van der Waals surface area contributed by atoms with Crippen molar-refractivity contribution in [2.75, 3.05) is 0 Å². The normalized spacial score (nSPS) is 34.3.